The van der Waals surface area contributed by atoms with Crippen LogP contribution in [0.2, 0.25) is 0 Å². The Balaban J connectivity index is 1.65. The van der Waals surface area contributed by atoms with Gasteiger partial charge in [-0.3, -0.25) is 14.9 Å². The molecule has 8 nitrogen and oxygen atoms in total. The minimum Gasteiger partial charge on any atom is -0.445 e. The van der Waals surface area contributed by atoms with Crippen LogP contribution >= 0.6 is 0 Å². The van der Waals surface area contributed by atoms with E-state index in [1.807, 2.05) is 54.6 Å². The molecule has 3 aromatic carbocycles. The smallest absolute Gasteiger partial charge is 0.408 e. The highest BCUT2D eigenvalue weighted by atomic mass is 16.6. The molecule has 1 atom stereocenters. The number of rotatable bonds is 8. The SMILES string of the molecule is CC(C)(C)c1ccc(COC(=O)NC(Cc2ccccc2)C(=O)Nc2ccc([N+](=O)[O-])cc2)cc1. The predicted molar refractivity (Wildman–Crippen MR) is 134 cm³/mol. The van der Waals surface area contributed by atoms with Crippen LogP contribution in [0.4, 0.5) is 16.2 Å². The second-order valence-corrected chi connectivity index (χ2v) is 9.20. The van der Waals surface area contributed by atoms with Crippen LogP contribution in [0.15, 0.2) is 78.9 Å². The first-order valence-corrected chi connectivity index (χ1v) is 11.2. The third kappa shape index (κ3) is 7.67. The van der Waals surface area contributed by atoms with Gasteiger partial charge in [-0.1, -0.05) is 75.4 Å². The Morgan fingerprint density at radius 2 is 1.54 bits per heavy atom. The number of nitrogens with one attached hydrogen (secondary N) is 2. The molecule has 0 spiro atoms. The third-order valence-electron chi connectivity index (χ3n) is 5.43. The molecule has 0 aliphatic rings. The zero-order chi connectivity index (χ0) is 25.4. The first-order valence-electron chi connectivity index (χ1n) is 11.2. The van der Waals surface area contributed by atoms with E-state index in [-0.39, 0.29) is 24.1 Å². The van der Waals surface area contributed by atoms with Crippen molar-refractivity contribution in [3.05, 3.63) is 106 Å². The summed E-state index contributed by atoms with van der Waals surface area (Å²) in [5.74, 6) is -0.464. The Morgan fingerprint density at radius 1 is 0.914 bits per heavy atom. The van der Waals surface area contributed by atoms with Gasteiger partial charge in [-0.15, -0.1) is 0 Å². The Morgan fingerprint density at radius 3 is 2.11 bits per heavy atom. The Bertz CT molecular complexity index is 1150. The fourth-order valence-electron chi connectivity index (χ4n) is 3.39. The molecule has 35 heavy (non-hydrogen) atoms. The van der Waals surface area contributed by atoms with E-state index in [9.17, 15) is 19.7 Å². The molecule has 0 aliphatic heterocycles. The van der Waals surface area contributed by atoms with E-state index in [4.69, 9.17) is 4.74 Å². The largest absolute Gasteiger partial charge is 0.445 e. The number of amides is 2. The summed E-state index contributed by atoms with van der Waals surface area (Å²) in [5, 5.41) is 16.2. The number of carbonyl (C=O) groups is 2. The molecule has 1 unspecified atom stereocenters. The van der Waals surface area contributed by atoms with Crippen molar-refractivity contribution in [3.8, 4) is 0 Å². The maximum absolute atomic E-state index is 13.0. The van der Waals surface area contributed by atoms with Crippen LogP contribution in [0.5, 0.6) is 0 Å². The van der Waals surface area contributed by atoms with Crippen molar-refractivity contribution in [3.63, 3.8) is 0 Å². The number of non-ortho nitro benzene ring substituents is 1. The van der Waals surface area contributed by atoms with E-state index < -0.39 is 23.0 Å². The van der Waals surface area contributed by atoms with E-state index in [0.717, 1.165) is 11.1 Å². The summed E-state index contributed by atoms with van der Waals surface area (Å²) in [6.45, 7) is 6.44. The third-order valence-corrected chi connectivity index (χ3v) is 5.43. The van der Waals surface area contributed by atoms with E-state index in [1.165, 1.54) is 29.8 Å². The second-order valence-electron chi connectivity index (χ2n) is 9.20. The van der Waals surface area contributed by atoms with Crippen LogP contribution < -0.4 is 10.6 Å². The van der Waals surface area contributed by atoms with Crippen LogP contribution in [0, 0.1) is 10.1 Å². The van der Waals surface area contributed by atoms with Gasteiger partial charge in [0.25, 0.3) is 5.69 Å². The molecule has 0 saturated heterocycles. The van der Waals surface area contributed by atoms with Crippen molar-refractivity contribution >= 4 is 23.4 Å². The highest BCUT2D eigenvalue weighted by Gasteiger charge is 2.23. The molecule has 0 aromatic heterocycles. The number of hydrogen-bond acceptors (Lipinski definition) is 5. The lowest BCUT2D eigenvalue weighted by atomic mass is 9.87. The zero-order valence-electron chi connectivity index (χ0n) is 20.0. The summed E-state index contributed by atoms with van der Waals surface area (Å²) in [5.41, 5.74) is 3.20. The van der Waals surface area contributed by atoms with Gasteiger partial charge in [0.05, 0.1) is 4.92 Å². The highest BCUT2D eigenvalue weighted by molar-refractivity contribution is 5.96. The lowest BCUT2D eigenvalue weighted by Gasteiger charge is -2.20. The lowest BCUT2D eigenvalue weighted by Crippen LogP contribution is -2.45. The Labute approximate surface area is 204 Å². The second kappa shape index (κ2) is 11.3. The van der Waals surface area contributed by atoms with E-state index in [0.29, 0.717) is 5.69 Å². The quantitative estimate of drug-likeness (QED) is 0.336. The van der Waals surface area contributed by atoms with Gasteiger partial charge in [0.15, 0.2) is 0 Å². The number of alkyl carbamates (subject to hydrolysis) is 1. The number of carbonyl (C=O) groups excluding carboxylic acids is 2. The maximum atomic E-state index is 13.0. The molecule has 0 aliphatic carbocycles. The molecule has 0 bridgehead atoms. The monoisotopic (exact) mass is 475 g/mol. The molecule has 3 aromatic rings. The zero-order valence-corrected chi connectivity index (χ0v) is 20.0. The molecule has 3 rings (SSSR count). The number of anilines is 1. The minimum absolute atomic E-state index is 0.0262. The van der Waals surface area contributed by atoms with Crippen molar-refractivity contribution < 1.29 is 19.2 Å². The molecule has 182 valence electrons. The van der Waals surface area contributed by atoms with Gasteiger partial charge in [-0.05, 0) is 34.2 Å². The molecule has 0 saturated carbocycles. The van der Waals surface area contributed by atoms with E-state index in [2.05, 4.69) is 31.4 Å². The van der Waals surface area contributed by atoms with E-state index in [1.54, 1.807) is 0 Å². The van der Waals surface area contributed by atoms with Crippen LogP contribution in [-0.2, 0) is 28.0 Å². The number of hydrogen-bond donors (Lipinski definition) is 2. The first kappa shape index (κ1) is 25.4. The predicted octanol–water partition coefficient (Wildman–Crippen LogP) is 5.37. The Hall–Kier alpha value is -4.20. The number of nitrogens with zero attached hydrogens (tertiary/aromatic N) is 1. The molecule has 0 fully saturated rings. The molecule has 2 N–H and O–H groups in total. The van der Waals surface area contributed by atoms with Gasteiger partial charge in [-0.25, -0.2) is 4.79 Å². The van der Waals surface area contributed by atoms with Gasteiger partial charge < -0.3 is 15.4 Å². The van der Waals surface area contributed by atoms with Crippen molar-refractivity contribution in [1.82, 2.24) is 5.32 Å². The molecular weight excluding hydrogens is 446 g/mol. The molecule has 0 heterocycles. The Kier molecular flexibility index (Phi) is 8.20. The number of nitro groups is 1. The van der Waals surface area contributed by atoms with Gasteiger partial charge in [0, 0.05) is 24.2 Å². The van der Waals surface area contributed by atoms with Crippen molar-refractivity contribution in [1.29, 1.82) is 0 Å². The van der Waals surface area contributed by atoms with Crippen LogP contribution in [0.25, 0.3) is 0 Å². The van der Waals surface area contributed by atoms with Crippen molar-refractivity contribution in [2.24, 2.45) is 0 Å². The number of benzene rings is 3. The fourth-order valence-corrected chi connectivity index (χ4v) is 3.39. The van der Waals surface area contributed by atoms with Crippen LogP contribution in [0.1, 0.15) is 37.5 Å². The van der Waals surface area contributed by atoms with Crippen LogP contribution in [-0.4, -0.2) is 23.0 Å². The van der Waals surface area contributed by atoms with Gasteiger partial charge in [-0.2, -0.15) is 0 Å². The number of nitro benzene ring substituents is 1. The maximum Gasteiger partial charge on any atom is 0.408 e. The van der Waals surface area contributed by atoms with E-state index >= 15 is 0 Å². The molecule has 2 amide bonds. The molecular formula is C27H29N3O5. The van der Waals surface area contributed by atoms with Crippen molar-refractivity contribution in [2.45, 2.75) is 45.3 Å². The first-order chi connectivity index (χ1) is 16.6. The standard InChI is InChI=1S/C27H29N3O5/c1-27(2,3)21-11-9-20(10-12-21)18-35-26(32)29-24(17-19-7-5-4-6-8-19)25(31)28-22-13-15-23(16-14-22)30(33)34/h4-16,24H,17-18H2,1-3H3,(H,28,31)(H,29,32). The summed E-state index contributed by atoms with van der Waals surface area (Å²) in [7, 11) is 0. The molecule has 0 radical (unpaired) electrons. The van der Waals surface area contributed by atoms with Crippen molar-refractivity contribution in [2.75, 3.05) is 5.32 Å². The normalized spacial score (nSPS) is 11.9. The lowest BCUT2D eigenvalue weighted by molar-refractivity contribution is -0.384. The summed E-state index contributed by atoms with van der Waals surface area (Å²) < 4.78 is 5.36. The highest BCUT2D eigenvalue weighted by Crippen LogP contribution is 2.22. The fraction of sp³-hybridized carbons (Fsp3) is 0.259. The summed E-state index contributed by atoms with van der Waals surface area (Å²) in [4.78, 5) is 35.8. The summed E-state index contributed by atoms with van der Waals surface area (Å²) >= 11 is 0. The number of ether oxygens (including phenoxy) is 1. The van der Waals surface area contributed by atoms with Gasteiger partial charge >= 0.3 is 6.09 Å². The topological polar surface area (TPSA) is 111 Å². The summed E-state index contributed by atoms with van der Waals surface area (Å²) in [6, 6.07) is 21.7. The van der Waals surface area contributed by atoms with Crippen LogP contribution in [0.3, 0.4) is 0 Å². The van der Waals surface area contributed by atoms with Gasteiger partial charge in [0.2, 0.25) is 5.91 Å². The summed E-state index contributed by atoms with van der Waals surface area (Å²) in [6.07, 6.45) is -0.473. The molecule has 8 heteroatoms. The van der Waals surface area contributed by atoms with Gasteiger partial charge in [0.1, 0.15) is 12.6 Å². The minimum atomic E-state index is -0.914. The average Bonchev–Trinajstić information content (AvgIpc) is 2.83. The average molecular weight is 476 g/mol.